The second-order valence-corrected chi connectivity index (χ2v) is 8.12. The van der Waals surface area contributed by atoms with Crippen molar-refractivity contribution in [1.82, 2.24) is 0 Å². The third kappa shape index (κ3) is 6.85. The van der Waals surface area contributed by atoms with Crippen molar-refractivity contribution in [3.8, 4) is 0 Å². The second kappa shape index (κ2) is 10.5. The number of rotatable bonds is 8. The molecule has 1 aliphatic carbocycles. The zero-order valence-corrected chi connectivity index (χ0v) is 16.2. The van der Waals surface area contributed by atoms with Crippen LogP contribution < -0.4 is 0 Å². The van der Waals surface area contributed by atoms with E-state index < -0.39 is 0 Å². The van der Waals surface area contributed by atoms with Crippen LogP contribution in [0.3, 0.4) is 0 Å². The number of aryl methyl sites for hydroxylation is 1. The van der Waals surface area contributed by atoms with Gasteiger partial charge in [-0.3, -0.25) is 0 Å². The molecule has 0 unspecified atom stereocenters. The minimum absolute atomic E-state index is 0.860. The maximum absolute atomic E-state index is 2.51. The lowest BCUT2D eigenvalue weighted by Gasteiger charge is -2.26. The van der Waals surface area contributed by atoms with Crippen LogP contribution in [-0.2, 0) is 6.42 Å². The van der Waals surface area contributed by atoms with Gasteiger partial charge in [-0.05, 0) is 90.6 Å². The van der Waals surface area contributed by atoms with Gasteiger partial charge in [0.25, 0.3) is 0 Å². The molecular formula is C21H31I. The number of benzene rings is 1. The first kappa shape index (κ1) is 18.0. The maximum Gasteiger partial charge on any atom is 0.0130 e. The van der Waals surface area contributed by atoms with Crippen LogP contribution in [0.2, 0.25) is 0 Å². The molecule has 0 radical (unpaired) electrons. The van der Waals surface area contributed by atoms with E-state index in [0.29, 0.717) is 0 Å². The minimum atomic E-state index is 0.860. The molecule has 122 valence electrons. The summed E-state index contributed by atoms with van der Waals surface area (Å²) >= 11 is 2.37. The van der Waals surface area contributed by atoms with Crippen molar-refractivity contribution in [1.29, 1.82) is 0 Å². The molecule has 22 heavy (non-hydrogen) atoms. The SMILES string of the molecule is CCCCCC1CCC(/C=C/CCc2ccc(I)cc2)CC1. The highest BCUT2D eigenvalue weighted by atomic mass is 127. The number of unbranched alkanes of at least 4 members (excludes halogenated alkanes) is 2. The predicted molar refractivity (Wildman–Crippen MR) is 106 cm³/mol. The normalized spacial score (nSPS) is 22.3. The van der Waals surface area contributed by atoms with Crippen molar-refractivity contribution in [3.05, 3.63) is 45.6 Å². The van der Waals surface area contributed by atoms with E-state index >= 15 is 0 Å². The average Bonchev–Trinajstić information content (AvgIpc) is 2.55. The van der Waals surface area contributed by atoms with Crippen LogP contribution in [0.4, 0.5) is 0 Å². The van der Waals surface area contributed by atoms with Gasteiger partial charge in [0.1, 0.15) is 0 Å². The summed E-state index contributed by atoms with van der Waals surface area (Å²) in [6.45, 7) is 2.30. The second-order valence-electron chi connectivity index (χ2n) is 6.87. The summed E-state index contributed by atoms with van der Waals surface area (Å²) in [5.41, 5.74) is 1.46. The lowest BCUT2D eigenvalue weighted by atomic mass is 9.79. The largest absolute Gasteiger partial charge is 0.0879 e. The van der Waals surface area contributed by atoms with E-state index in [0.717, 1.165) is 11.8 Å². The summed E-state index contributed by atoms with van der Waals surface area (Å²) in [5.74, 6) is 1.89. The predicted octanol–water partition coefficient (Wildman–Crippen LogP) is 7.17. The molecule has 1 aromatic carbocycles. The van der Waals surface area contributed by atoms with Crippen LogP contribution in [-0.4, -0.2) is 0 Å². The lowest BCUT2D eigenvalue weighted by Crippen LogP contribution is -2.13. The zero-order chi connectivity index (χ0) is 15.6. The van der Waals surface area contributed by atoms with E-state index in [1.54, 1.807) is 0 Å². The van der Waals surface area contributed by atoms with Crippen LogP contribution in [0.15, 0.2) is 36.4 Å². The summed E-state index contributed by atoms with van der Waals surface area (Å²) in [4.78, 5) is 0. The molecule has 0 nitrogen and oxygen atoms in total. The Balaban J connectivity index is 1.60. The number of hydrogen-bond acceptors (Lipinski definition) is 0. The van der Waals surface area contributed by atoms with Gasteiger partial charge in [0, 0.05) is 3.57 Å². The summed E-state index contributed by atoms with van der Waals surface area (Å²) in [7, 11) is 0. The van der Waals surface area contributed by atoms with Gasteiger partial charge in [-0.1, -0.05) is 56.9 Å². The molecule has 1 aromatic rings. The molecule has 0 bridgehead atoms. The van der Waals surface area contributed by atoms with Gasteiger partial charge < -0.3 is 0 Å². The number of hydrogen-bond donors (Lipinski definition) is 0. The van der Waals surface area contributed by atoms with Gasteiger partial charge >= 0.3 is 0 Å². The topological polar surface area (TPSA) is 0 Å². The molecule has 1 aliphatic rings. The molecule has 0 spiro atoms. The van der Waals surface area contributed by atoms with Crippen LogP contribution in [0.25, 0.3) is 0 Å². The highest BCUT2D eigenvalue weighted by molar-refractivity contribution is 14.1. The quantitative estimate of drug-likeness (QED) is 0.242. The Labute approximate surface area is 150 Å². The molecule has 0 N–H and O–H groups in total. The summed E-state index contributed by atoms with van der Waals surface area (Å²) in [6.07, 6.45) is 18.8. The van der Waals surface area contributed by atoms with Crippen LogP contribution in [0, 0.1) is 15.4 Å². The van der Waals surface area contributed by atoms with E-state index in [9.17, 15) is 0 Å². The monoisotopic (exact) mass is 410 g/mol. The smallest absolute Gasteiger partial charge is 0.0130 e. The standard InChI is InChI=1S/C21H31I/c1-2-3-4-7-18-10-12-19(13-11-18)8-5-6-9-20-14-16-21(22)17-15-20/h5,8,14-19H,2-4,6-7,9-13H2,1H3/b8-5+. The first-order valence-corrected chi connectivity index (χ1v) is 10.3. The summed E-state index contributed by atoms with van der Waals surface area (Å²) in [6, 6.07) is 8.94. The Morgan fingerprint density at radius 1 is 1.05 bits per heavy atom. The molecule has 1 saturated carbocycles. The van der Waals surface area contributed by atoms with Crippen molar-refractivity contribution in [2.75, 3.05) is 0 Å². The number of halogens is 1. The Bertz CT molecular complexity index is 424. The Morgan fingerprint density at radius 3 is 2.45 bits per heavy atom. The lowest BCUT2D eigenvalue weighted by molar-refractivity contribution is 0.289. The molecule has 0 saturated heterocycles. The third-order valence-corrected chi connectivity index (χ3v) is 5.75. The summed E-state index contributed by atoms with van der Waals surface area (Å²) in [5, 5.41) is 0. The Morgan fingerprint density at radius 2 is 1.77 bits per heavy atom. The van der Waals surface area contributed by atoms with E-state index in [1.807, 2.05) is 0 Å². The molecule has 0 amide bonds. The van der Waals surface area contributed by atoms with Crippen LogP contribution >= 0.6 is 22.6 Å². The van der Waals surface area contributed by atoms with Gasteiger partial charge in [-0.15, -0.1) is 0 Å². The average molecular weight is 410 g/mol. The third-order valence-electron chi connectivity index (χ3n) is 5.03. The van der Waals surface area contributed by atoms with Crippen LogP contribution in [0.1, 0.15) is 70.3 Å². The highest BCUT2D eigenvalue weighted by Gasteiger charge is 2.18. The molecular weight excluding hydrogens is 379 g/mol. The van der Waals surface area contributed by atoms with Gasteiger partial charge in [0.2, 0.25) is 0 Å². The number of allylic oxidation sites excluding steroid dienone is 2. The minimum Gasteiger partial charge on any atom is -0.0879 e. The van der Waals surface area contributed by atoms with Crippen molar-refractivity contribution in [3.63, 3.8) is 0 Å². The van der Waals surface area contributed by atoms with Gasteiger partial charge in [-0.25, -0.2) is 0 Å². The van der Waals surface area contributed by atoms with Crippen LogP contribution in [0.5, 0.6) is 0 Å². The molecule has 0 aromatic heterocycles. The van der Waals surface area contributed by atoms with Gasteiger partial charge in [0.15, 0.2) is 0 Å². The highest BCUT2D eigenvalue weighted by Crippen LogP contribution is 2.32. The first-order valence-electron chi connectivity index (χ1n) is 9.19. The van der Waals surface area contributed by atoms with Crippen molar-refractivity contribution in [2.45, 2.75) is 71.1 Å². The first-order chi connectivity index (χ1) is 10.8. The zero-order valence-electron chi connectivity index (χ0n) is 14.1. The molecule has 1 fully saturated rings. The molecule has 2 rings (SSSR count). The van der Waals surface area contributed by atoms with Gasteiger partial charge in [0.05, 0.1) is 0 Å². The van der Waals surface area contributed by atoms with E-state index in [-0.39, 0.29) is 0 Å². The van der Waals surface area contributed by atoms with E-state index in [4.69, 9.17) is 0 Å². The molecule has 0 heterocycles. The van der Waals surface area contributed by atoms with Crippen molar-refractivity contribution >= 4 is 22.6 Å². The van der Waals surface area contributed by atoms with E-state index in [2.05, 4.69) is 65.9 Å². The Hall–Kier alpha value is -0.310. The Kier molecular flexibility index (Phi) is 8.58. The summed E-state index contributed by atoms with van der Waals surface area (Å²) < 4.78 is 1.33. The van der Waals surface area contributed by atoms with E-state index in [1.165, 1.54) is 73.3 Å². The van der Waals surface area contributed by atoms with Crippen molar-refractivity contribution in [2.24, 2.45) is 11.8 Å². The molecule has 0 aliphatic heterocycles. The fourth-order valence-electron chi connectivity index (χ4n) is 3.54. The molecule has 0 atom stereocenters. The fourth-order valence-corrected chi connectivity index (χ4v) is 3.90. The van der Waals surface area contributed by atoms with Crippen molar-refractivity contribution < 1.29 is 0 Å². The van der Waals surface area contributed by atoms with Gasteiger partial charge in [-0.2, -0.15) is 0 Å². The fraction of sp³-hybridized carbons (Fsp3) is 0.619. The molecule has 1 heteroatoms. The maximum atomic E-state index is 2.51.